The summed E-state index contributed by atoms with van der Waals surface area (Å²) in [5, 5.41) is 3.10. The highest BCUT2D eigenvalue weighted by Crippen LogP contribution is 2.26. The number of hydrogen-bond donors (Lipinski definition) is 1. The van der Waals surface area contributed by atoms with E-state index in [1.165, 1.54) is 12.1 Å². The van der Waals surface area contributed by atoms with E-state index in [2.05, 4.69) is 5.32 Å². The summed E-state index contributed by atoms with van der Waals surface area (Å²) in [7, 11) is -3.56. The van der Waals surface area contributed by atoms with Crippen LogP contribution in [0.15, 0.2) is 89.8 Å². The highest BCUT2D eigenvalue weighted by atomic mass is 32.2. The van der Waals surface area contributed by atoms with Gasteiger partial charge in [-0.2, -0.15) is 4.31 Å². The molecule has 3 aromatic carbocycles. The van der Waals surface area contributed by atoms with Crippen LogP contribution >= 0.6 is 0 Å². The lowest BCUT2D eigenvalue weighted by Crippen LogP contribution is -2.41. The summed E-state index contributed by atoms with van der Waals surface area (Å²) in [6.07, 6.45) is 2.81. The van der Waals surface area contributed by atoms with Gasteiger partial charge in [-0.15, -0.1) is 0 Å². The molecular formula is C26H28N2O3S. The molecule has 166 valence electrons. The lowest BCUT2D eigenvalue weighted by atomic mass is 9.98. The summed E-state index contributed by atoms with van der Waals surface area (Å²) in [5.74, 6) is -0.252. The minimum atomic E-state index is -3.56. The maximum Gasteiger partial charge on any atom is 0.252 e. The van der Waals surface area contributed by atoms with Gasteiger partial charge in [-0.25, -0.2) is 8.42 Å². The molecule has 1 aliphatic heterocycles. The maximum atomic E-state index is 13.1. The van der Waals surface area contributed by atoms with Crippen LogP contribution in [0.4, 0.5) is 0 Å². The van der Waals surface area contributed by atoms with Crippen molar-refractivity contribution in [3.8, 4) is 0 Å². The molecule has 0 unspecified atom stereocenters. The summed E-state index contributed by atoms with van der Waals surface area (Å²) in [4.78, 5) is 13.3. The standard InChI is InChI=1S/C26H28N2O3S/c1-20-10-8-9-19-28(20)32(30,31)24-17-15-23(16-18-24)26(29)27-25(21-11-4-2-5-12-21)22-13-6-3-7-14-22/h2-7,11-18,20,25H,8-10,19H2,1H3,(H,27,29)/t20-/m0/s1. The second-order valence-corrected chi connectivity index (χ2v) is 10.1. The van der Waals surface area contributed by atoms with Crippen molar-refractivity contribution in [3.63, 3.8) is 0 Å². The van der Waals surface area contributed by atoms with Crippen molar-refractivity contribution in [1.29, 1.82) is 0 Å². The van der Waals surface area contributed by atoms with E-state index in [1.807, 2.05) is 67.6 Å². The van der Waals surface area contributed by atoms with Crippen LogP contribution in [0.5, 0.6) is 0 Å². The van der Waals surface area contributed by atoms with E-state index in [4.69, 9.17) is 0 Å². The van der Waals surface area contributed by atoms with Gasteiger partial charge in [-0.3, -0.25) is 4.79 Å². The molecule has 1 heterocycles. The predicted octanol–water partition coefficient (Wildman–Crippen LogP) is 4.77. The molecule has 1 N–H and O–H groups in total. The fraction of sp³-hybridized carbons (Fsp3) is 0.269. The Balaban J connectivity index is 1.55. The largest absolute Gasteiger partial charge is 0.341 e. The van der Waals surface area contributed by atoms with Gasteiger partial charge >= 0.3 is 0 Å². The van der Waals surface area contributed by atoms with Crippen LogP contribution in [-0.2, 0) is 10.0 Å². The molecule has 0 aliphatic carbocycles. The number of piperidine rings is 1. The topological polar surface area (TPSA) is 66.5 Å². The zero-order valence-corrected chi connectivity index (χ0v) is 19.0. The Morgan fingerprint density at radius 1 is 0.875 bits per heavy atom. The van der Waals surface area contributed by atoms with Crippen molar-refractivity contribution in [2.75, 3.05) is 6.54 Å². The number of nitrogens with one attached hydrogen (secondary N) is 1. The molecule has 0 aromatic heterocycles. The zero-order valence-electron chi connectivity index (χ0n) is 18.1. The van der Waals surface area contributed by atoms with Gasteiger partial charge < -0.3 is 5.32 Å². The fourth-order valence-corrected chi connectivity index (χ4v) is 5.91. The van der Waals surface area contributed by atoms with E-state index in [0.29, 0.717) is 12.1 Å². The third-order valence-corrected chi connectivity index (χ3v) is 8.03. The Morgan fingerprint density at radius 3 is 1.97 bits per heavy atom. The number of nitrogens with zero attached hydrogens (tertiary/aromatic N) is 1. The molecule has 3 aromatic rings. The van der Waals surface area contributed by atoms with E-state index in [-0.39, 0.29) is 22.9 Å². The second kappa shape index (κ2) is 9.67. The van der Waals surface area contributed by atoms with Crippen LogP contribution < -0.4 is 5.32 Å². The summed E-state index contributed by atoms with van der Waals surface area (Å²) in [6, 6.07) is 25.5. The minimum Gasteiger partial charge on any atom is -0.341 e. The van der Waals surface area contributed by atoms with Crippen LogP contribution in [0, 0.1) is 0 Å². The molecule has 0 radical (unpaired) electrons. The third kappa shape index (κ3) is 4.76. The zero-order chi connectivity index (χ0) is 22.6. The van der Waals surface area contributed by atoms with Crippen molar-refractivity contribution >= 4 is 15.9 Å². The number of carbonyl (C=O) groups excluding carboxylic acids is 1. The number of rotatable bonds is 6. The van der Waals surface area contributed by atoms with Gasteiger partial charge in [0, 0.05) is 18.2 Å². The molecule has 32 heavy (non-hydrogen) atoms. The first kappa shape index (κ1) is 22.2. The van der Waals surface area contributed by atoms with Gasteiger partial charge in [0.1, 0.15) is 0 Å². The minimum absolute atomic E-state index is 0.00534. The maximum absolute atomic E-state index is 13.1. The predicted molar refractivity (Wildman–Crippen MR) is 126 cm³/mol. The summed E-state index contributed by atoms with van der Waals surface area (Å²) in [6.45, 7) is 2.49. The average Bonchev–Trinajstić information content (AvgIpc) is 2.84. The van der Waals surface area contributed by atoms with Crippen molar-refractivity contribution in [1.82, 2.24) is 9.62 Å². The normalized spacial score (nSPS) is 17.2. The van der Waals surface area contributed by atoms with Crippen LogP contribution in [0.25, 0.3) is 0 Å². The lowest BCUT2D eigenvalue weighted by Gasteiger charge is -2.32. The highest BCUT2D eigenvalue weighted by molar-refractivity contribution is 7.89. The van der Waals surface area contributed by atoms with Crippen LogP contribution in [-0.4, -0.2) is 31.2 Å². The van der Waals surface area contributed by atoms with Crippen molar-refractivity contribution in [2.24, 2.45) is 0 Å². The smallest absolute Gasteiger partial charge is 0.252 e. The lowest BCUT2D eigenvalue weighted by molar-refractivity contribution is 0.0943. The fourth-order valence-electron chi connectivity index (χ4n) is 4.21. The molecule has 1 amide bonds. The molecule has 0 saturated carbocycles. The average molecular weight is 449 g/mol. The number of carbonyl (C=O) groups is 1. The van der Waals surface area contributed by atoms with Crippen LogP contribution in [0.2, 0.25) is 0 Å². The van der Waals surface area contributed by atoms with E-state index >= 15 is 0 Å². The molecule has 4 rings (SSSR count). The summed E-state index contributed by atoms with van der Waals surface area (Å²) < 4.78 is 27.7. The van der Waals surface area contributed by atoms with Gasteiger partial charge in [0.15, 0.2) is 0 Å². The second-order valence-electron chi connectivity index (χ2n) is 8.21. The number of benzene rings is 3. The molecule has 5 nitrogen and oxygen atoms in total. The Hall–Kier alpha value is -2.96. The van der Waals surface area contributed by atoms with Gasteiger partial charge in [-0.1, -0.05) is 67.1 Å². The van der Waals surface area contributed by atoms with E-state index in [9.17, 15) is 13.2 Å². The molecule has 0 bridgehead atoms. The molecule has 1 aliphatic rings. The first-order valence-electron chi connectivity index (χ1n) is 11.0. The van der Waals surface area contributed by atoms with Crippen molar-refractivity contribution in [3.05, 3.63) is 102 Å². The third-order valence-electron chi connectivity index (χ3n) is 6.01. The summed E-state index contributed by atoms with van der Waals surface area (Å²) >= 11 is 0. The molecule has 1 atom stereocenters. The monoisotopic (exact) mass is 448 g/mol. The number of amides is 1. The van der Waals surface area contributed by atoms with Crippen molar-refractivity contribution < 1.29 is 13.2 Å². The number of hydrogen-bond acceptors (Lipinski definition) is 3. The molecule has 0 spiro atoms. The van der Waals surface area contributed by atoms with E-state index in [1.54, 1.807) is 16.4 Å². The van der Waals surface area contributed by atoms with Gasteiger partial charge in [0.05, 0.1) is 10.9 Å². The first-order chi connectivity index (χ1) is 15.5. The molecule has 1 fully saturated rings. The van der Waals surface area contributed by atoms with E-state index in [0.717, 1.165) is 30.4 Å². The molecule has 1 saturated heterocycles. The molecular weight excluding hydrogens is 420 g/mol. The highest BCUT2D eigenvalue weighted by Gasteiger charge is 2.31. The van der Waals surface area contributed by atoms with E-state index < -0.39 is 10.0 Å². The Bertz CT molecular complexity index is 1110. The van der Waals surface area contributed by atoms with Gasteiger partial charge in [0.25, 0.3) is 5.91 Å². The Morgan fingerprint density at radius 2 is 1.44 bits per heavy atom. The number of sulfonamides is 1. The SMILES string of the molecule is C[C@H]1CCCCN1S(=O)(=O)c1ccc(C(=O)NC(c2ccccc2)c2ccccc2)cc1. The van der Waals surface area contributed by atoms with Crippen molar-refractivity contribution in [2.45, 2.75) is 43.2 Å². The van der Waals surface area contributed by atoms with Gasteiger partial charge in [0.2, 0.25) is 10.0 Å². The Labute approximate surface area is 190 Å². The van der Waals surface area contributed by atoms with Gasteiger partial charge in [-0.05, 0) is 55.2 Å². The summed E-state index contributed by atoms with van der Waals surface area (Å²) in [5.41, 5.74) is 2.38. The molecule has 6 heteroatoms. The van der Waals surface area contributed by atoms with Crippen LogP contribution in [0.3, 0.4) is 0 Å². The quantitative estimate of drug-likeness (QED) is 0.591. The van der Waals surface area contributed by atoms with Crippen LogP contribution in [0.1, 0.15) is 53.7 Å². The first-order valence-corrected chi connectivity index (χ1v) is 12.4. The Kier molecular flexibility index (Phi) is 6.72.